The van der Waals surface area contributed by atoms with Crippen molar-refractivity contribution in [1.29, 1.82) is 0 Å². The lowest BCUT2D eigenvalue weighted by Gasteiger charge is -2.08. The highest BCUT2D eigenvalue weighted by molar-refractivity contribution is 7.99. The second-order valence-corrected chi connectivity index (χ2v) is 4.91. The summed E-state index contributed by atoms with van der Waals surface area (Å²) >= 11 is 1.57. The zero-order valence-corrected chi connectivity index (χ0v) is 11.1. The van der Waals surface area contributed by atoms with Gasteiger partial charge in [-0.2, -0.15) is 0 Å². The summed E-state index contributed by atoms with van der Waals surface area (Å²) in [5, 5.41) is 9.78. The van der Waals surface area contributed by atoms with Crippen molar-refractivity contribution >= 4 is 17.7 Å². The predicted octanol–water partition coefficient (Wildman–Crippen LogP) is 1.90. The highest BCUT2D eigenvalue weighted by Crippen LogP contribution is 2.20. The Morgan fingerprint density at radius 3 is 2.82 bits per heavy atom. The number of aromatic nitrogens is 1. The smallest absolute Gasteiger partial charge is 0.339 e. The fraction of sp³-hybridized carbons (Fsp3) is 0.500. The predicted molar refractivity (Wildman–Crippen MR) is 67.3 cm³/mol. The number of esters is 1. The second-order valence-electron chi connectivity index (χ2n) is 3.87. The summed E-state index contributed by atoms with van der Waals surface area (Å²) in [7, 11) is 1.35. The molecule has 0 aliphatic rings. The SMILES string of the molecule is COC(=O)c1ccc(SCC(C)CO)nc1C. The van der Waals surface area contributed by atoms with Gasteiger partial charge in [-0.05, 0) is 25.0 Å². The highest BCUT2D eigenvalue weighted by atomic mass is 32.2. The lowest BCUT2D eigenvalue weighted by Crippen LogP contribution is -2.06. The molecule has 94 valence electrons. The first-order valence-electron chi connectivity index (χ1n) is 5.38. The number of nitrogens with zero attached hydrogens (tertiary/aromatic N) is 1. The molecule has 0 bridgehead atoms. The van der Waals surface area contributed by atoms with Crippen molar-refractivity contribution < 1.29 is 14.6 Å². The van der Waals surface area contributed by atoms with Crippen LogP contribution in [-0.4, -0.2) is 35.5 Å². The molecule has 0 aromatic carbocycles. The summed E-state index contributed by atoms with van der Waals surface area (Å²) in [6.45, 7) is 3.93. The zero-order chi connectivity index (χ0) is 12.8. The van der Waals surface area contributed by atoms with E-state index >= 15 is 0 Å². The Labute approximate surface area is 105 Å². The molecule has 5 heteroatoms. The molecule has 0 fully saturated rings. The summed E-state index contributed by atoms with van der Waals surface area (Å²) in [4.78, 5) is 15.7. The topological polar surface area (TPSA) is 59.4 Å². The number of carbonyl (C=O) groups is 1. The Morgan fingerprint density at radius 1 is 1.59 bits per heavy atom. The van der Waals surface area contributed by atoms with Crippen molar-refractivity contribution in [2.45, 2.75) is 18.9 Å². The fourth-order valence-corrected chi connectivity index (χ4v) is 2.15. The molecule has 0 amide bonds. The van der Waals surface area contributed by atoms with E-state index in [1.165, 1.54) is 7.11 Å². The minimum Gasteiger partial charge on any atom is -0.465 e. The molecule has 0 aliphatic heterocycles. The van der Waals surface area contributed by atoms with Gasteiger partial charge in [-0.3, -0.25) is 0 Å². The normalized spacial score (nSPS) is 12.2. The summed E-state index contributed by atoms with van der Waals surface area (Å²) in [5.41, 5.74) is 1.16. The van der Waals surface area contributed by atoms with Crippen molar-refractivity contribution in [2.24, 2.45) is 5.92 Å². The summed E-state index contributed by atoms with van der Waals surface area (Å²) in [5.74, 6) is 0.679. The van der Waals surface area contributed by atoms with Gasteiger partial charge in [-0.25, -0.2) is 9.78 Å². The average molecular weight is 255 g/mol. The number of hydrogen-bond acceptors (Lipinski definition) is 5. The van der Waals surface area contributed by atoms with Crippen LogP contribution in [0.4, 0.5) is 0 Å². The van der Waals surface area contributed by atoms with Crippen LogP contribution in [-0.2, 0) is 4.74 Å². The lowest BCUT2D eigenvalue weighted by molar-refractivity contribution is 0.0599. The first-order chi connectivity index (χ1) is 8.08. The molecular weight excluding hydrogens is 238 g/mol. The molecule has 1 aromatic rings. The largest absolute Gasteiger partial charge is 0.465 e. The number of pyridine rings is 1. The van der Waals surface area contributed by atoms with Gasteiger partial charge in [0.1, 0.15) is 0 Å². The van der Waals surface area contributed by atoms with Gasteiger partial charge in [0, 0.05) is 12.4 Å². The van der Waals surface area contributed by atoms with Gasteiger partial charge in [0.15, 0.2) is 0 Å². The number of hydrogen-bond donors (Lipinski definition) is 1. The second kappa shape index (κ2) is 6.61. The number of aliphatic hydroxyl groups excluding tert-OH is 1. The molecule has 0 spiro atoms. The van der Waals surface area contributed by atoms with E-state index in [1.54, 1.807) is 30.8 Å². The van der Waals surface area contributed by atoms with Crippen LogP contribution in [0.25, 0.3) is 0 Å². The maximum absolute atomic E-state index is 11.4. The van der Waals surface area contributed by atoms with E-state index in [0.717, 1.165) is 10.8 Å². The number of carbonyl (C=O) groups excluding carboxylic acids is 1. The number of ether oxygens (including phenoxy) is 1. The van der Waals surface area contributed by atoms with Gasteiger partial charge in [-0.15, -0.1) is 11.8 Å². The standard InChI is InChI=1S/C12H17NO3S/c1-8(6-14)7-17-11-5-4-10(9(2)13-11)12(15)16-3/h4-5,8,14H,6-7H2,1-3H3. The molecule has 0 saturated heterocycles. The third-order valence-corrected chi connectivity index (χ3v) is 3.55. The average Bonchev–Trinajstić information content (AvgIpc) is 2.35. The van der Waals surface area contributed by atoms with Crippen LogP contribution in [0.2, 0.25) is 0 Å². The van der Waals surface area contributed by atoms with Crippen LogP contribution in [0.5, 0.6) is 0 Å². The Hall–Kier alpha value is -1.07. The van der Waals surface area contributed by atoms with Gasteiger partial charge >= 0.3 is 5.97 Å². The highest BCUT2D eigenvalue weighted by Gasteiger charge is 2.11. The molecule has 1 rings (SSSR count). The third kappa shape index (κ3) is 4.02. The minimum absolute atomic E-state index is 0.173. The van der Waals surface area contributed by atoms with Gasteiger partial charge < -0.3 is 9.84 Å². The van der Waals surface area contributed by atoms with Crippen LogP contribution in [0, 0.1) is 12.8 Å². The van der Waals surface area contributed by atoms with E-state index in [4.69, 9.17) is 5.11 Å². The van der Waals surface area contributed by atoms with E-state index < -0.39 is 0 Å². The molecular formula is C12H17NO3S. The fourth-order valence-electron chi connectivity index (χ4n) is 1.22. The van der Waals surface area contributed by atoms with Crippen molar-refractivity contribution in [3.63, 3.8) is 0 Å². The molecule has 1 N–H and O–H groups in total. The van der Waals surface area contributed by atoms with Gasteiger partial charge in [0.2, 0.25) is 0 Å². The van der Waals surface area contributed by atoms with Crippen LogP contribution in [0.15, 0.2) is 17.2 Å². The zero-order valence-electron chi connectivity index (χ0n) is 10.3. The summed E-state index contributed by atoms with van der Waals surface area (Å²) in [6.07, 6.45) is 0. The monoisotopic (exact) mass is 255 g/mol. The number of thioether (sulfide) groups is 1. The molecule has 0 radical (unpaired) electrons. The van der Waals surface area contributed by atoms with Crippen molar-refractivity contribution in [2.75, 3.05) is 19.5 Å². The van der Waals surface area contributed by atoms with Gasteiger partial charge in [0.05, 0.1) is 23.4 Å². The Bertz CT molecular complexity index is 395. The van der Waals surface area contributed by atoms with Gasteiger partial charge in [0.25, 0.3) is 0 Å². The molecule has 1 unspecified atom stereocenters. The number of aryl methyl sites for hydroxylation is 1. The summed E-state index contributed by atoms with van der Waals surface area (Å²) < 4.78 is 4.65. The maximum Gasteiger partial charge on any atom is 0.339 e. The van der Waals surface area contributed by atoms with Crippen LogP contribution in [0.3, 0.4) is 0 Å². The first-order valence-corrected chi connectivity index (χ1v) is 6.36. The van der Waals surface area contributed by atoms with E-state index in [-0.39, 0.29) is 18.5 Å². The molecule has 1 atom stereocenters. The van der Waals surface area contributed by atoms with Crippen molar-refractivity contribution in [1.82, 2.24) is 4.98 Å². The number of aliphatic hydroxyl groups is 1. The van der Waals surface area contributed by atoms with Crippen molar-refractivity contribution in [3.8, 4) is 0 Å². The summed E-state index contributed by atoms with van der Waals surface area (Å²) in [6, 6.07) is 3.52. The van der Waals surface area contributed by atoms with E-state index in [1.807, 2.05) is 6.92 Å². The van der Waals surface area contributed by atoms with Crippen LogP contribution < -0.4 is 0 Å². The first kappa shape index (κ1) is 14.0. The lowest BCUT2D eigenvalue weighted by atomic mass is 10.2. The van der Waals surface area contributed by atoms with E-state index in [0.29, 0.717) is 11.3 Å². The Morgan fingerprint density at radius 2 is 2.29 bits per heavy atom. The maximum atomic E-state index is 11.4. The molecule has 4 nitrogen and oxygen atoms in total. The third-order valence-electron chi connectivity index (χ3n) is 2.29. The van der Waals surface area contributed by atoms with Crippen LogP contribution >= 0.6 is 11.8 Å². The van der Waals surface area contributed by atoms with Crippen LogP contribution in [0.1, 0.15) is 23.0 Å². The quantitative estimate of drug-likeness (QED) is 0.643. The van der Waals surface area contributed by atoms with E-state index in [9.17, 15) is 4.79 Å². The Kier molecular flexibility index (Phi) is 5.44. The number of methoxy groups -OCH3 is 1. The molecule has 1 heterocycles. The number of rotatable bonds is 5. The molecule has 17 heavy (non-hydrogen) atoms. The molecule has 0 aliphatic carbocycles. The van der Waals surface area contributed by atoms with Gasteiger partial charge in [-0.1, -0.05) is 6.92 Å². The molecule has 0 saturated carbocycles. The molecule has 1 aromatic heterocycles. The minimum atomic E-state index is -0.365. The Balaban J connectivity index is 2.72. The van der Waals surface area contributed by atoms with Crippen molar-refractivity contribution in [3.05, 3.63) is 23.4 Å². The van der Waals surface area contributed by atoms with E-state index in [2.05, 4.69) is 9.72 Å².